The minimum absolute atomic E-state index is 0.0618. The van der Waals surface area contributed by atoms with Crippen molar-refractivity contribution in [3.05, 3.63) is 0 Å². The van der Waals surface area contributed by atoms with E-state index in [4.69, 9.17) is 5.73 Å². The first kappa shape index (κ1) is 15.2. The van der Waals surface area contributed by atoms with Crippen LogP contribution in [0.4, 0.5) is 10.8 Å². The Balaban J connectivity index is 2.89. The monoisotopic (exact) mass is 292 g/mol. The summed E-state index contributed by atoms with van der Waals surface area (Å²) < 4.78 is 29.3. The van der Waals surface area contributed by atoms with E-state index in [0.29, 0.717) is 5.00 Å². The summed E-state index contributed by atoms with van der Waals surface area (Å²) in [6.45, 7) is 2.85. The summed E-state index contributed by atoms with van der Waals surface area (Å²) in [4.78, 5) is 0.0917. The Hall–Kier alpha value is -0.860. The third-order valence-electron chi connectivity index (χ3n) is 2.48. The molecule has 0 atom stereocenters. The molecule has 18 heavy (non-hydrogen) atoms. The van der Waals surface area contributed by atoms with E-state index in [1.54, 1.807) is 0 Å². The summed E-state index contributed by atoms with van der Waals surface area (Å²) in [6.07, 6.45) is 3.22. The molecule has 6 nitrogen and oxygen atoms in total. The summed E-state index contributed by atoms with van der Waals surface area (Å²) in [5.74, 6) is 0.0618. The molecule has 0 saturated heterocycles. The number of anilines is 2. The summed E-state index contributed by atoms with van der Waals surface area (Å²) in [5, 5.41) is 3.63. The van der Waals surface area contributed by atoms with Gasteiger partial charge in [0.25, 0.3) is 0 Å². The van der Waals surface area contributed by atoms with Gasteiger partial charge in [0.1, 0.15) is 5.00 Å². The molecule has 0 fully saturated rings. The molecule has 0 saturated carbocycles. The molecule has 0 aliphatic rings. The van der Waals surface area contributed by atoms with Gasteiger partial charge >= 0.3 is 0 Å². The first-order valence-electron chi connectivity index (χ1n) is 5.82. The molecule has 0 aliphatic carbocycles. The summed E-state index contributed by atoms with van der Waals surface area (Å²) in [5.41, 5.74) is 5.65. The predicted molar refractivity (Wildman–Crippen MR) is 75.4 cm³/mol. The third kappa shape index (κ3) is 3.33. The minimum atomic E-state index is -3.54. The van der Waals surface area contributed by atoms with Crippen molar-refractivity contribution in [3.63, 3.8) is 0 Å². The van der Waals surface area contributed by atoms with E-state index in [-0.39, 0.29) is 10.7 Å². The fourth-order valence-corrected chi connectivity index (χ4v) is 3.52. The first-order chi connectivity index (χ1) is 8.41. The second kappa shape index (κ2) is 6.35. The molecule has 0 amide bonds. The Labute approximate surface area is 112 Å². The predicted octanol–water partition coefficient (Wildman–Crippen LogP) is 1.58. The molecular weight excluding hydrogens is 272 g/mol. The number of rotatable bonds is 7. The number of nitrogens with one attached hydrogen (secondary N) is 1. The molecule has 0 unspecified atom stereocenters. The Bertz CT molecular complexity index is 482. The van der Waals surface area contributed by atoms with Crippen LogP contribution in [0.15, 0.2) is 4.90 Å². The van der Waals surface area contributed by atoms with E-state index in [2.05, 4.69) is 16.6 Å². The molecule has 8 heteroatoms. The smallest absolute Gasteiger partial charge is 0.249 e. The van der Waals surface area contributed by atoms with Gasteiger partial charge in [0.15, 0.2) is 10.7 Å². The van der Waals surface area contributed by atoms with Crippen molar-refractivity contribution < 1.29 is 8.42 Å². The highest BCUT2D eigenvalue weighted by atomic mass is 32.2. The molecule has 1 rings (SSSR count). The zero-order valence-corrected chi connectivity index (χ0v) is 12.6. The number of hydrogen-bond acceptors (Lipinski definition) is 6. The van der Waals surface area contributed by atoms with Crippen molar-refractivity contribution in [2.75, 3.05) is 31.7 Å². The lowest BCUT2D eigenvalue weighted by molar-refractivity contribution is 0.521. The van der Waals surface area contributed by atoms with Crippen molar-refractivity contribution in [1.82, 2.24) is 8.68 Å². The SMILES string of the molecule is CCCCCNc1snc(N)c1S(=O)(=O)N(C)C. The van der Waals surface area contributed by atoms with Crippen LogP contribution >= 0.6 is 11.5 Å². The molecule has 1 heterocycles. The van der Waals surface area contributed by atoms with Crippen LogP contribution in [0.1, 0.15) is 26.2 Å². The van der Waals surface area contributed by atoms with Crippen LogP contribution in [0.2, 0.25) is 0 Å². The molecule has 1 aromatic heterocycles. The van der Waals surface area contributed by atoms with Gasteiger partial charge in [0.05, 0.1) is 0 Å². The molecule has 0 aliphatic heterocycles. The second-order valence-electron chi connectivity index (χ2n) is 4.15. The Kier molecular flexibility index (Phi) is 5.36. The molecule has 3 N–H and O–H groups in total. The number of nitrogens with zero attached hydrogens (tertiary/aromatic N) is 2. The van der Waals surface area contributed by atoms with Crippen LogP contribution in [0.5, 0.6) is 0 Å². The highest BCUT2D eigenvalue weighted by molar-refractivity contribution is 7.89. The van der Waals surface area contributed by atoms with Gasteiger partial charge in [0, 0.05) is 20.6 Å². The molecule has 0 spiro atoms. The zero-order chi connectivity index (χ0) is 13.8. The standard InChI is InChI=1S/C10H20N4O2S2/c1-4-5-6-7-12-10-8(9(11)13-17-10)18(15,16)14(2)3/h12H,4-7H2,1-3H3,(H2,11,13). The van der Waals surface area contributed by atoms with Gasteiger partial charge in [-0.15, -0.1) is 0 Å². The normalized spacial score (nSPS) is 12.0. The molecular formula is C10H20N4O2S2. The zero-order valence-electron chi connectivity index (χ0n) is 10.9. The first-order valence-corrected chi connectivity index (χ1v) is 8.04. The number of nitrogen functional groups attached to an aromatic ring is 1. The summed E-state index contributed by atoms with van der Waals surface area (Å²) in [7, 11) is -0.585. The largest absolute Gasteiger partial charge is 0.382 e. The number of sulfonamides is 1. The maximum Gasteiger partial charge on any atom is 0.249 e. The van der Waals surface area contributed by atoms with Crippen LogP contribution in [0, 0.1) is 0 Å². The van der Waals surface area contributed by atoms with Crippen LogP contribution in [-0.4, -0.2) is 37.7 Å². The molecule has 104 valence electrons. The maximum atomic E-state index is 12.1. The molecule has 0 radical (unpaired) electrons. The van der Waals surface area contributed by atoms with Crippen molar-refractivity contribution >= 4 is 32.4 Å². The van der Waals surface area contributed by atoms with Crippen molar-refractivity contribution in [3.8, 4) is 0 Å². The average molecular weight is 292 g/mol. The van der Waals surface area contributed by atoms with Crippen LogP contribution in [-0.2, 0) is 10.0 Å². The van der Waals surface area contributed by atoms with Gasteiger partial charge in [-0.1, -0.05) is 19.8 Å². The number of nitrogens with two attached hydrogens (primary N) is 1. The van der Waals surface area contributed by atoms with Crippen LogP contribution < -0.4 is 11.1 Å². The maximum absolute atomic E-state index is 12.1. The van der Waals surface area contributed by atoms with Gasteiger partial charge in [0.2, 0.25) is 10.0 Å². The van der Waals surface area contributed by atoms with Gasteiger partial charge in [-0.25, -0.2) is 12.7 Å². The van der Waals surface area contributed by atoms with Crippen molar-refractivity contribution in [1.29, 1.82) is 0 Å². The molecule has 1 aromatic rings. The number of unbranched alkanes of at least 4 members (excludes halogenated alkanes) is 2. The third-order valence-corrected chi connectivity index (χ3v) is 5.32. The number of aromatic nitrogens is 1. The number of hydrogen-bond donors (Lipinski definition) is 2. The van der Waals surface area contributed by atoms with Gasteiger partial charge in [-0.05, 0) is 18.0 Å². The lowest BCUT2D eigenvalue weighted by Gasteiger charge is -2.12. The van der Waals surface area contributed by atoms with Crippen LogP contribution in [0.25, 0.3) is 0 Å². The lowest BCUT2D eigenvalue weighted by atomic mass is 10.2. The average Bonchev–Trinajstić information content (AvgIpc) is 2.66. The van der Waals surface area contributed by atoms with E-state index in [9.17, 15) is 8.42 Å². The van der Waals surface area contributed by atoms with Gasteiger partial charge < -0.3 is 11.1 Å². The van der Waals surface area contributed by atoms with Gasteiger partial charge in [-0.2, -0.15) is 4.37 Å². The highest BCUT2D eigenvalue weighted by Crippen LogP contribution is 2.32. The molecule has 0 bridgehead atoms. The van der Waals surface area contributed by atoms with E-state index in [1.165, 1.54) is 14.1 Å². The van der Waals surface area contributed by atoms with Crippen molar-refractivity contribution in [2.24, 2.45) is 0 Å². The second-order valence-corrected chi connectivity index (χ2v) is 7.01. The van der Waals surface area contributed by atoms with E-state index in [1.807, 2.05) is 0 Å². The molecule has 0 aromatic carbocycles. The fraction of sp³-hybridized carbons (Fsp3) is 0.700. The highest BCUT2D eigenvalue weighted by Gasteiger charge is 2.27. The van der Waals surface area contributed by atoms with E-state index < -0.39 is 10.0 Å². The topological polar surface area (TPSA) is 88.3 Å². The van der Waals surface area contributed by atoms with Crippen molar-refractivity contribution in [2.45, 2.75) is 31.1 Å². The quantitative estimate of drug-likeness (QED) is 0.745. The van der Waals surface area contributed by atoms with Gasteiger partial charge in [-0.3, -0.25) is 0 Å². The Morgan fingerprint density at radius 2 is 2.06 bits per heavy atom. The minimum Gasteiger partial charge on any atom is -0.382 e. The van der Waals surface area contributed by atoms with E-state index in [0.717, 1.165) is 41.6 Å². The lowest BCUT2D eigenvalue weighted by Crippen LogP contribution is -2.23. The Morgan fingerprint density at radius 3 is 2.61 bits per heavy atom. The van der Waals surface area contributed by atoms with Crippen LogP contribution in [0.3, 0.4) is 0 Å². The fourth-order valence-electron chi connectivity index (χ4n) is 1.42. The summed E-state index contributed by atoms with van der Waals surface area (Å²) >= 11 is 1.09. The Morgan fingerprint density at radius 1 is 1.39 bits per heavy atom. The summed E-state index contributed by atoms with van der Waals surface area (Å²) in [6, 6.07) is 0. The van der Waals surface area contributed by atoms with E-state index >= 15 is 0 Å².